The van der Waals surface area contributed by atoms with Crippen molar-refractivity contribution in [3.8, 4) is 0 Å². The number of rotatable bonds is 3. The SMILES string of the molecule is CC1(C)C(=O)N(C/C=C/C(=O)O)c2ccccc21. The van der Waals surface area contributed by atoms with Crippen molar-refractivity contribution >= 4 is 17.6 Å². The summed E-state index contributed by atoms with van der Waals surface area (Å²) in [6.07, 6.45) is 2.54. The molecule has 18 heavy (non-hydrogen) atoms. The summed E-state index contributed by atoms with van der Waals surface area (Å²) >= 11 is 0. The van der Waals surface area contributed by atoms with Crippen molar-refractivity contribution in [3.05, 3.63) is 42.0 Å². The van der Waals surface area contributed by atoms with Gasteiger partial charge in [-0.2, -0.15) is 0 Å². The zero-order valence-corrected chi connectivity index (χ0v) is 10.4. The van der Waals surface area contributed by atoms with Gasteiger partial charge in [-0.05, 0) is 25.5 Å². The molecule has 1 aromatic rings. The average molecular weight is 245 g/mol. The smallest absolute Gasteiger partial charge is 0.328 e. The van der Waals surface area contributed by atoms with Crippen LogP contribution in [0.25, 0.3) is 0 Å². The number of carbonyl (C=O) groups excluding carboxylic acids is 1. The summed E-state index contributed by atoms with van der Waals surface area (Å²) < 4.78 is 0. The van der Waals surface area contributed by atoms with Gasteiger partial charge in [0, 0.05) is 18.3 Å². The molecule has 0 fully saturated rings. The minimum Gasteiger partial charge on any atom is -0.478 e. The van der Waals surface area contributed by atoms with Crippen molar-refractivity contribution in [3.63, 3.8) is 0 Å². The number of hydrogen-bond acceptors (Lipinski definition) is 2. The first-order chi connectivity index (χ1) is 8.44. The van der Waals surface area contributed by atoms with Gasteiger partial charge in [0.25, 0.3) is 0 Å². The van der Waals surface area contributed by atoms with E-state index in [1.54, 1.807) is 4.90 Å². The van der Waals surface area contributed by atoms with E-state index >= 15 is 0 Å². The van der Waals surface area contributed by atoms with E-state index in [1.807, 2.05) is 38.1 Å². The number of aliphatic carboxylic acids is 1. The van der Waals surface area contributed by atoms with E-state index in [2.05, 4.69) is 0 Å². The standard InChI is InChI=1S/C14H15NO3/c1-14(2)10-6-3-4-7-11(10)15(13(14)18)9-5-8-12(16)17/h3-8H,9H2,1-2H3,(H,16,17)/b8-5+. The van der Waals surface area contributed by atoms with Crippen molar-refractivity contribution in [2.75, 3.05) is 11.4 Å². The van der Waals surface area contributed by atoms with Crippen LogP contribution in [-0.4, -0.2) is 23.5 Å². The van der Waals surface area contributed by atoms with Crippen LogP contribution in [0, 0.1) is 0 Å². The maximum atomic E-state index is 12.3. The molecule has 1 aliphatic rings. The van der Waals surface area contributed by atoms with E-state index in [9.17, 15) is 9.59 Å². The molecule has 0 aromatic heterocycles. The number of fused-ring (bicyclic) bond motifs is 1. The summed E-state index contributed by atoms with van der Waals surface area (Å²) in [7, 11) is 0. The molecule has 94 valence electrons. The Morgan fingerprint density at radius 3 is 2.72 bits per heavy atom. The third-order valence-corrected chi connectivity index (χ3v) is 3.20. The normalized spacial score (nSPS) is 17.2. The Balaban J connectivity index is 2.33. The van der Waals surface area contributed by atoms with Crippen molar-refractivity contribution in [1.82, 2.24) is 0 Å². The van der Waals surface area contributed by atoms with Gasteiger partial charge in [0.05, 0.1) is 5.41 Å². The molecule has 0 bridgehead atoms. The topological polar surface area (TPSA) is 57.6 Å². The van der Waals surface area contributed by atoms with E-state index < -0.39 is 11.4 Å². The molecule has 1 heterocycles. The predicted molar refractivity (Wildman–Crippen MR) is 68.6 cm³/mol. The lowest BCUT2D eigenvalue weighted by atomic mass is 9.86. The second-order valence-electron chi connectivity index (χ2n) is 4.80. The first kappa shape index (κ1) is 12.4. The summed E-state index contributed by atoms with van der Waals surface area (Å²) in [5.41, 5.74) is 1.30. The Labute approximate surface area is 106 Å². The second kappa shape index (κ2) is 4.29. The van der Waals surface area contributed by atoms with Crippen LogP contribution in [0.5, 0.6) is 0 Å². The van der Waals surface area contributed by atoms with Gasteiger partial charge in [0.2, 0.25) is 5.91 Å². The van der Waals surface area contributed by atoms with Gasteiger partial charge < -0.3 is 10.0 Å². The first-order valence-corrected chi connectivity index (χ1v) is 5.75. The van der Waals surface area contributed by atoms with Crippen LogP contribution < -0.4 is 4.90 Å². The Bertz CT molecular complexity index is 532. The van der Waals surface area contributed by atoms with Gasteiger partial charge in [0.1, 0.15) is 0 Å². The van der Waals surface area contributed by atoms with Gasteiger partial charge in [-0.15, -0.1) is 0 Å². The molecule has 1 aromatic carbocycles. The molecule has 0 unspecified atom stereocenters. The zero-order chi connectivity index (χ0) is 13.3. The predicted octanol–water partition coefficient (Wildman–Crippen LogP) is 1.95. The fourth-order valence-corrected chi connectivity index (χ4v) is 2.24. The monoisotopic (exact) mass is 245 g/mol. The van der Waals surface area contributed by atoms with Crippen LogP contribution in [0.2, 0.25) is 0 Å². The average Bonchev–Trinajstić information content (AvgIpc) is 2.51. The van der Waals surface area contributed by atoms with Crippen LogP contribution in [-0.2, 0) is 15.0 Å². The molecule has 0 saturated carbocycles. The number of carboxylic acid groups (broad SMARTS) is 1. The second-order valence-corrected chi connectivity index (χ2v) is 4.80. The molecule has 4 nitrogen and oxygen atoms in total. The molecule has 0 aliphatic carbocycles. The van der Waals surface area contributed by atoms with E-state index in [0.29, 0.717) is 0 Å². The highest BCUT2D eigenvalue weighted by molar-refractivity contribution is 6.07. The van der Waals surface area contributed by atoms with Crippen LogP contribution in [0.3, 0.4) is 0 Å². The highest BCUT2D eigenvalue weighted by Crippen LogP contribution is 2.40. The number of anilines is 1. The van der Waals surface area contributed by atoms with Gasteiger partial charge in [0.15, 0.2) is 0 Å². The van der Waals surface area contributed by atoms with Crippen LogP contribution in [0.1, 0.15) is 19.4 Å². The molecule has 0 spiro atoms. The molecule has 2 rings (SSSR count). The summed E-state index contributed by atoms with van der Waals surface area (Å²) in [5, 5.41) is 8.56. The van der Waals surface area contributed by atoms with Gasteiger partial charge in [-0.1, -0.05) is 24.3 Å². The minimum atomic E-state index is -1.01. The molecule has 4 heteroatoms. The van der Waals surface area contributed by atoms with Gasteiger partial charge >= 0.3 is 5.97 Å². The molecule has 0 radical (unpaired) electrons. The molecular weight excluding hydrogens is 230 g/mol. The number of benzene rings is 1. The van der Waals surface area contributed by atoms with Crippen molar-refractivity contribution in [2.45, 2.75) is 19.3 Å². The summed E-state index contributed by atoms with van der Waals surface area (Å²) in [6.45, 7) is 4.05. The van der Waals surface area contributed by atoms with Gasteiger partial charge in [-0.3, -0.25) is 4.79 Å². The van der Waals surface area contributed by atoms with Crippen LogP contribution >= 0.6 is 0 Å². The third-order valence-electron chi connectivity index (χ3n) is 3.20. The zero-order valence-electron chi connectivity index (χ0n) is 10.4. The summed E-state index contributed by atoms with van der Waals surface area (Å²) in [6, 6.07) is 7.61. The number of para-hydroxylation sites is 1. The lowest BCUT2D eigenvalue weighted by Gasteiger charge is -2.18. The van der Waals surface area contributed by atoms with E-state index in [0.717, 1.165) is 17.3 Å². The van der Waals surface area contributed by atoms with Crippen LogP contribution in [0.15, 0.2) is 36.4 Å². The molecule has 1 amide bonds. The Kier molecular flexibility index (Phi) is 2.95. The molecule has 0 atom stereocenters. The minimum absolute atomic E-state index is 0.00117. The Morgan fingerprint density at radius 2 is 2.06 bits per heavy atom. The van der Waals surface area contributed by atoms with E-state index in [-0.39, 0.29) is 12.5 Å². The highest BCUT2D eigenvalue weighted by Gasteiger charge is 2.42. The van der Waals surface area contributed by atoms with Crippen molar-refractivity contribution in [2.24, 2.45) is 0 Å². The molecule has 1 N–H and O–H groups in total. The lowest BCUT2D eigenvalue weighted by molar-refractivity contribution is -0.131. The van der Waals surface area contributed by atoms with Gasteiger partial charge in [-0.25, -0.2) is 4.79 Å². The van der Waals surface area contributed by atoms with E-state index in [1.165, 1.54) is 6.08 Å². The lowest BCUT2D eigenvalue weighted by Crippen LogP contribution is -2.36. The number of amides is 1. The van der Waals surface area contributed by atoms with E-state index in [4.69, 9.17) is 5.11 Å². The number of carboxylic acids is 1. The molecule has 1 aliphatic heterocycles. The van der Waals surface area contributed by atoms with Crippen LogP contribution in [0.4, 0.5) is 5.69 Å². The van der Waals surface area contributed by atoms with Crippen molar-refractivity contribution in [1.29, 1.82) is 0 Å². The highest BCUT2D eigenvalue weighted by atomic mass is 16.4. The summed E-state index contributed by atoms with van der Waals surface area (Å²) in [4.78, 5) is 24.4. The largest absolute Gasteiger partial charge is 0.478 e. The number of hydrogen-bond donors (Lipinski definition) is 1. The maximum absolute atomic E-state index is 12.3. The number of carbonyl (C=O) groups is 2. The quantitative estimate of drug-likeness (QED) is 0.828. The first-order valence-electron chi connectivity index (χ1n) is 5.75. The fraction of sp³-hybridized carbons (Fsp3) is 0.286. The number of nitrogens with zero attached hydrogens (tertiary/aromatic N) is 1. The van der Waals surface area contributed by atoms with Crippen molar-refractivity contribution < 1.29 is 14.7 Å². The molecular formula is C14H15NO3. The maximum Gasteiger partial charge on any atom is 0.328 e. The third kappa shape index (κ3) is 1.90. The Hall–Kier alpha value is -2.10. The summed E-state index contributed by atoms with van der Waals surface area (Å²) in [5.74, 6) is -1.01. The fourth-order valence-electron chi connectivity index (χ4n) is 2.24. The Morgan fingerprint density at radius 1 is 1.39 bits per heavy atom. The molecule has 0 saturated heterocycles.